The van der Waals surface area contributed by atoms with Crippen molar-refractivity contribution in [2.75, 3.05) is 0 Å². The van der Waals surface area contributed by atoms with E-state index in [1.54, 1.807) is 45.0 Å². The van der Waals surface area contributed by atoms with Crippen LogP contribution in [0.15, 0.2) is 30.3 Å². The van der Waals surface area contributed by atoms with Crippen LogP contribution in [0, 0.1) is 20.8 Å². The predicted molar refractivity (Wildman–Crippen MR) is 90.3 cm³/mol. The minimum Gasteiger partial charge on any atom is -0.508 e. The zero-order valence-corrected chi connectivity index (χ0v) is 13.2. The average molecular weight is 310 g/mol. The van der Waals surface area contributed by atoms with E-state index < -0.39 is 0 Å². The number of fused-ring (bicyclic) bond motifs is 1. The molecule has 0 aliphatic carbocycles. The summed E-state index contributed by atoms with van der Waals surface area (Å²) in [7, 11) is 0. The molecule has 0 bridgehead atoms. The first kappa shape index (κ1) is 15.0. The monoisotopic (exact) mass is 310 g/mol. The van der Waals surface area contributed by atoms with Gasteiger partial charge < -0.3 is 20.4 Å². The molecule has 3 aromatic carbocycles. The van der Waals surface area contributed by atoms with E-state index in [9.17, 15) is 20.4 Å². The molecule has 0 atom stereocenters. The normalized spacial score (nSPS) is 11.1. The van der Waals surface area contributed by atoms with Gasteiger partial charge >= 0.3 is 0 Å². The fraction of sp³-hybridized carbons (Fsp3) is 0.158. The second-order valence-electron chi connectivity index (χ2n) is 5.81. The molecule has 0 saturated heterocycles. The number of hydrogen-bond acceptors (Lipinski definition) is 4. The maximum Gasteiger partial charge on any atom is 0.131 e. The van der Waals surface area contributed by atoms with Crippen molar-refractivity contribution in [2.45, 2.75) is 20.8 Å². The van der Waals surface area contributed by atoms with Gasteiger partial charge in [-0.15, -0.1) is 0 Å². The van der Waals surface area contributed by atoms with Crippen molar-refractivity contribution in [2.24, 2.45) is 0 Å². The number of benzene rings is 3. The summed E-state index contributed by atoms with van der Waals surface area (Å²) in [4.78, 5) is 0. The van der Waals surface area contributed by atoms with Gasteiger partial charge in [-0.3, -0.25) is 0 Å². The molecular formula is C19H18O4. The zero-order valence-electron chi connectivity index (χ0n) is 13.2. The molecule has 0 aliphatic heterocycles. The molecule has 118 valence electrons. The summed E-state index contributed by atoms with van der Waals surface area (Å²) in [6.07, 6.45) is 0. The second-order valence-corrected chi connectivity index (χ2v) is 5.81. The van der Waals surface area contributed by atoms with Gasteiger partial charge in [0, 0.05) is 22.1 Å². The van der Waals surface area contributed by atoms with Gasteiger partial charge in [0.1, 0.15) is 23.0 Å². The summed E-state index contributed by atoms with van der Waals surface area (Å²) in [6.45, 7) is 5.17. The molecule has 0 aliphatic rings. The van der Waals surface area contributed by atoms with Gasteiger partial charge in [-0.1, -0.05) is 6.07 Å². The zero-order chi connectivity index (χ0) is 16.9. The first-order valence-electron chi connectivity index (χ1n) is 7.29. The van der Waals surface area contributed by atoms with Crippen molar-refractivity contribution < 1.29 is 20.4 Å². The lowest BCUT2D eigenvalue weighted by atomic mass is 9.91. The van der Waals surface area contributed by atoms with Gasteiger partial charge in [0.15, 0.2) is 0 Å². The van der Waals surface area contributed by atoms with Gasteiger partial charge in [-0.25, -0.2) is 0 Å². The predicted octanol–water partition coefficient (Wildman–Crippen LogP) is 4.25. The van der Waals surface area contributed by atoms with Crippen LogP contribution in [0.25, 0.3) is 21.9 Å². The molecule has 0 unspecified atom stereocenters. The quantitative estimate of drug-likeness (QED) is 0.506. The van der Waals surface area contributed by atoms with Gasteiger partial charge in [-0.2, -0.15) is 0 Å². The number of aromatic hydroxyl groups is 4. The van der Waals surface area contributed by atoms with Crippen molar-refractivity contribution in [1.82, 2.24) is 0 Å². The van der Waals surface area contributed by atoms with Crippen molar-refractivity contribution in [3.05, 3.63) is 47.0 Å². The Labute approximate surface area is 133 Å². The Bertz CT molecular complexity index is 913. The fourth-order valence-electron chi connectivity index (χ4n) is 2.95. The highest BCUT2D eigenvalue weighted by Crippen LogP contribution is 2.46. The third-order valence-corrected chi connectivity index (χ3v) is 4.48. The molecule has 4 heteroatoms. The minimum atomic E-state index is 0.00329. The summed E-state index contributed by atoms with van der Waals surface area (Å²) in [6, 6.07) is 8.11. The third kappa shape index (κ3) is 2.14. The Morgan fingerprint density at radius 2 is 1.30 bits per heavy atom. The van der Waals surface area contributed by atoms with E-state index in [-0.39, 0.29) is 23.0 Å². The second kappa shape index (κ2) is 5.09. The van der Waals surface area contributed by atoms with Crippen molar-refractivity contribution >= 4 is 10.8 Å². The highest BCUT2D eigenvalue weighted by atomic mass is 16.3. The largest absolute Gasteiger partial charge is 0.508 e. The number of rotatable bonds is 1. The lowest BCUT2D eigenvalue weighted by Gasteiger charge is -2.17. The first-order chi connectivity index (χ1) is 10.8. The van der Waals surface area contributed by atoms with E-state index in [4.69, 9.17) is 0 Å². The number of hydrogen-bond donors (Lipinski definition) is 4. The molecule has 4 nitrogen and oxygen atoms in total. The van der Waals surface area contributed by atoms with Crippen molar-refractivity contribution in [3.63, 3.8) is 0 Å². The van der Waals surface area contributed by atoms with Gasteiger partial charge in [0.25, 0.3) is 0 Å². The molecule has 0 amide bonds. The van der Waals surface area contributed by atoms with Crippen LogP contribution in [0.3, 0.4) is 0 Å². The molecule has 3 aromatic rings. The van der Waals surface area contributed by atoms with Crippen molar-refractivity contribution in [1.29, 1.82) is 0 Å². The minimum absolute atomic E-state index is 0.00329. The van der Waals surface area contributed by atoms with E-state index in [1.165, 1.54) is 6.07 Å². The van der Waals surface area contributed by atoms with Crippen LogP contribution in [-0.2, 0) is 0 Å². The molecular weight excluding hydrogens is 292 g/mol. The highest BCUT2D eigenvalue weighted by molar-refractivity contribution is 5.97. The van der Waals surface area contributed by atoms with E-state index in [0.717, 1.165) is 0 Å². The summed E-state index contributed by atoms with van der Waals surface area (Å²) in [5, 5.41) is 42.2. The fourth-order valence-corrected chi connectivity index (χ4v) is 2.95. The smallest absolute Gasteiger partial charge is 0.131 e. The number of phenolic OH excluding ortho intramolecular Hbond substituents is 4. The third-order valence-electron chi connectivity index (χ3n) is 4.48. The first-order valence-corrected chi connectivity index (χ1v) is 7.29. The summed E-state index contributed by atoms with van der Waals surface area (Å²) < 4.78 is 0. The summed E-state index contributed by atoms with van der Waals surface area (Å²) in [5.74, 6) is 0.280. The van der Waals surface area contributed by atoms with Crippen LogP contribution in [0.1, 0.15) is 16.7 Å². The van der Waals surface area contributed by atoms with Gasteiger partial charge in [0.2, 0.25) is 0 Å². The molecule has 0 heterocycles. The molecule has 0 aromatic heterocycles. The van der Waals surface area contributed by atoms with Gasteiger partial charge in [-0.05, 0) is 61.5 Å². The molecule has 0 spiro atoms. The van der Waals surface area contributed by atoms with E-state index in [2.05, 4.69) is 0 Å². The van der Waals surface area contributed by atoms with Crippen molar-refractivity contribution in [3.8, 4) is 34.1 Å². The standard InChI is InChI=1S/C19H18O4/c1-9-10(2)18(22)16(11(3)17(9)21)15-6-4-12-8-13(20)5-7-14(12)19(15)23/h4-8,20-23H,1-3H3. The van der Waals surface area contributed by atoms with E-state index >= 15 is 0 Å². The van der Waals surface area contributed by atoms with Crippen LogP contribution in [-0.4, -0.2) is 20.4 Å². The Kier molecular flexibility index (Phi) is 3.33. The van der Waals surface area contributed by atoms with Gasteiger partial charge in [0.05, 0.1) is 0 Å². The van der Waals surface area contributed by atoms with E-state index in [1.807, 2.05) is 0 Å². The van der Waals surface area contributed by atoms with Crippen LogP contribution in [0.4, 0.5) is 0 Å². The van der Waals surface area contributed by atoms with Crippen LogP contribution >= 0.6 is 0 Å². The molecule has 3 rings (SSSR count). The lowest BCUT2D eigenvalue weighted by molar-refractivity contribution is 0.450. The lowest BCUT2D eigenvalue weighted by Crippen LogP contribution is -1.93. The summed E-state index contributed by atoms with van der Waals surface area (Å²) >= 11 is 0. The topological polar surface area (TPSA) is 80.9 Å². The Balaban J connectivity index is 2.38. The molecule has 4 N–H and O–H groups in total. The highest BCUT2D eigenvalue weighted by Gasteiger charge is 2.20. The molecule has 0 radical (unpaired) electrons. The number of phenols is 4. The van der Waals surface area contributed by atoms with E-state index in [0.29, 0.717) is 38.6 Å². The maximum atomic E-state index is 10.6. The van der Waals surface area contributed by atoms with Crippen LogP contribution in [0.2, 0.25) is 0 Å². The molecule has 0 fully saturated rings. The Morgan fingerprint density at radius 3 is 2.00 bits per heavy atom. The maximum absolute atomic E-state index is 10.6. The SMILES string of the molecule is Cc1c(C)c(O)c(-c2ccc3cc(O)ccc3c2O)c(C)c1O. The summed E-state index contributed by atoms with van der Waals surface area (Å²) in [5.41, 5.74) is 2.57. The average Bonchev–Trinajstić information content (AvgIpc) is 2.53. The van der Waals surface area contributed by atoms with Crippen LogP contribution in [0.5, 0.6) is 23.0 Å². The Hall–Kier alpha value is -2.88. The molecule has 0 saturated carbocycles. The Morgan fingerprint density at radius 1 is 0.652 bits per heavy atom. The van der Waals surface area contributed by atoms with Crippen LogP contribution < -0.4 is 0 Å². The molecule has 23 heavy (non-hydrogen) atoms.